The minimum atomic E-state index is 0.365. The highest BCUT2D eigenvalue weighted by Crippen LogP contribution is 2.20. The molecule has 1 aliphatic heterocycles. The average Bonchev–Trinajstić information content (AvgIpc) is 2.84. The summed E-state index contributed by atoms with van der Waals surface area (Å²) < 4.78 is 5.66. The maximum absolute atomic E-state index is 6.09. The van der Waals surface area contributed by atoms with Gasteiger partial charge in [-0.15, -0.1) is 0 Å². The van der Waals surface area contributed by atoms with Crippen LogP contribution in [0.1, 0.15) is 25.3 Å². The molecule has 1 aromatic rings. The third-order valence-electron chi connectivity index (χ3n) is 3.22. The molecule has 0 amide bonds. The first-order valence-electron chi connectivity index (χ1n) is 6.34. The van der Waals surface area contributed by atoms with E-state index in [0.29, 0.717) is 16.4 Å². The normalized spacial score (nSPS) is 19.7. The lowest BCUT2D eigenvalue weighted by atomic mass is 10.2. The highest BCUT2D eigenvalue weighted by Gasteiger charge is 2.19. The SMILES string of the molecule is CCN(Cc1ccc(Cl)nc1Cl)CC1CCCO1. The molecule has 1 unspecified atom stereocenters. The molecule has 2 heterocycles. The van der Waals surface area contributed by atoms with Gasteiger partial charge in [0.15, 0.2) is 0 Å². The lowest BCUT2D eigenvalue weighted by molar-refractivity contribution is 0.0724. The molecule has 1 fully saturated rings. The fourth-order valence-electron chi connectivity index (χ4n) is 2.18. The molecule has 18 heavy (non-hydrogen) atoms. The fraction of sp³-hybridized carbons (Fsp3) is 0.615. The van der Waals surface area contributed by atoms with E-state index in [-0.39, 0.29) is 0 Å². The molecule has 2 rings (SSSR count). The molecule has 3 nitrogen and oxygen atoms in total. The predicted octanol–water partition coefficient (Wildman–Crippen LogP) is 3.39. The Kier molecular flexibility index (Phi) is 5.25. The predicted molar refractivity (Wildman–Crippen MR) is 74.2 cm³/mol. The van der Waals surface area contributed by atoms with Crippen molar-refractivity contribution in [2.45, 2.75) is 32.4 Å². The van der Waals surface area contributed by atoms with Gasteiger partial charge in [-0.2, -0.15) is 0 Å². The third kappa shape index (κ3) is 3.82. The summed E-state index contributed by atoms with van der Waals surface area (Å²) in [5.74, 6) is 0. The maximum Gasteiger partial charge on any atom is 0.135 e. The Morgan fingerprint density at radius 1 is 1.44 bits per heavy atom. The van der Waals surface area contributed by atoms with Gasteiger partial charge >= 0.3 is 0 Å². The van der Waals surface area contributed by atoms with E-state index in [2.05, 4.69) is 16.8 Å². The Labute approximate surface area is 118 Å². The molecule has 100 valence electrons. The van der Waals surface area contributed by atoms with Crippen molar-refractivity contribution < 1.29 is 4.74 Å². The zero-order valence-corrected chi connectivity index (χ0v) is 12.0. The Morgan fingerprint density at radius 2 is 2.28 bits per heavy atom. The standard InChI is InChI=1S/C13H18Cl2N2O/c1-2-17(9-11-4-3-7-18-11)8-10-5-6-12(14)16-13(10)15/h5-6,11H,2-4,7-9H2,1H3. The highest BCUT2D eigenvalue weighted by atomic mass is 35.5. The van der Waals surface area contributed by atoms with Crippen LogP contribution in [0.2, 0.25) is 10.3 Å². The second kappa shape index (κ2) is 6.71. The Balaban J connectivity index is 1.96. The number of halogens is 2. The van der Waals surface area contributed by atoms with E-state index >= 15 is 0 Å². The Hall–Kier alpha value is -0.350. The Bertz CT molecular complexity index is 395. The largest absolute Gasteiger partial charge is 0.377 e. The summed E-state index contributed by atoms with van der Waals surface area (Å²) in [4.78, 5) is 6.39. The average molecular weight is 289 g/mol. The molecule has 0 N–H and O–H groups in total. The number of ether oxygens (including phenoxy) is 1. The number of aromatic nitrogens is 1. The number of nitrogens with zero attached hydrogens (tertiary/aromatic N) is 2. The minimum absolute atomic E-state index is 0.365. The van der Waals surface area contributed by atoms with E-state index in [0.717, 1.165) is 38.2 Å². The smallest absolute Gasteiger partial charge is 0.135 e. The number of hydrogen-bond acceptors (Lipinski definition) is 3. The van der Waals surface area contributed by atoms with Gasteiger partial charge in [-0.1, -0.05) is 36.2 Å². The monoisotopic (exact) mass is 288 g/mol. The van der Waals surface area contributed by atoms with E-state index in [9.17, 15) is 0 Å². The van der Waals surface area contributed by atoms with Crippen LogP contribution in [0.3, 0.4) is 0 Å². The first-order valence-corrected chi connectivity index (χ1v) is 7.09. The van der Waals surface area contributed by atoms with Crippen LogP contribution in [0.4, 0.5) is 0 Å². The van der Waals surface area contributed by atoms with Crippen molar-refractivity contribution in [3.63, 3.8) is 0 Å². The minimum Gasteiger partial charge on any atom is -0.377 e. The number of likely N-dealkylation sites (N-methyl/N-ethyl adjacent to an activating group) is 1. The summed E-state index contributed by atoms with van der Waals surface area (Å²) in [5, 5.41) is 0.930. The van der Waals surface area contributed by atoms with Gasteiger partial charge in [0, 0.05) is 25.3 Å². The third-order valence-corrected chi connectivity index (χ3v) is 3.76. The second-order valence-electron chi connectivity index (χ2n) is 4.55. The molecule has 5 heteroatoms. The first-order chi connectivity index (χ1) is 8.69. The molecule has 0 radical (unpaired) electrons. The van der Waals surface area contributed by atoms with Crippen LogP contribution in [0, 0.1) is 0 Å². The molecule has 1 saturated heterocycles. The molecular formula is C13H18Cl2N2O. The molecule has 1 atom stereocenters. The van der Waals surface area contributed by atoms with Crippen molar-refractivity contribution in [1.82, 2.24) is 9.88 Å². The van der Waals surface area contributed by atoms with Crippen molar-refractivity contribution in [2.24, 2.45) is 0 Å². The van der Waals surface area contributed by atoms with E-state index < -0.39 is 0 Å². The van der Waals surface area contributed by atoms with E-state index in [1.165, 1.54) is 6.42 Å². The second-order valence-corrected chi connectivity index (χ2v) is 5.29. The van der Waals surface area contributed by atoms with Gasteiger partial charge in [0.1, 0.15) is 10.3 Å². The Morgan fingerprint density at radius 3 is 2.89 bits per heavy atom. The number of pyridine rings is 1. The first kappa shape index (κ1) is 14.1. The summed E-state index contributed by atoms with van der Waals surface area (Å²) in [7, 11) is 0. The van der Waals surface area contributed by atoms with Crippen molar-refractivity contribution in [2.75, 3.05) is 19.7 Å². The summed E-state index contributed by atoms with van der Waals surface area (Å²) >= 11 is 11.9. The van der Waals surface area contributed by atoms with Gasteiger partial charge in [0.05, 0.1) is 6.10 Å². The van der Waals surface area contributed by atoms with Gasteiger partial charge in [-0.05, 0) is 25.5 Å². The van der Waals surface area contributed by atoms with Crippen LogP contribution in [0.25, 0.3) is 0 Å². The van der Waals surface area contributed by atoms with E-state index in [1.54, 1.807) is 6.07 Å². The van der Waals surface area contributed by atoms with Crippen molar-refractivity contribution in [3.8, 4) is 0 Å². The zero-order chi connectivity index (χ0) is 13.0. The van der Waals surface area contributed by atoms with E-state index in [4.69, 9.17) is 27.9 Å². The highest BCUT2D eigenvalue weighted by molar-refractivity contribution is 6.32. The summed E-state index contributed by atoms with van der Waals surface area (Å²) in [6.07, 6.45) is 2.69. The van der Waals surface area contributed by atoms with Crippen LogP contribution in [-0.4, -0.2) is 35.7 Å². The van der Waals surface area contributed by atoms with Gasteiger partial charge in [-0.25, -0.2) is 4.98 Å². The topological polar surface area (TPSA) is 25.4 Å². The fourth-order valence-corrected chi connectivity index (χ4v) is 2.59. The van der Waals surface area contributed by atoms with Crippen LogP contribution >= 0.6 is 23.2 Å². The molecule has 0 saturated carbocycles. The van der Waals surface area contributed by atoms with Crippen LogP contribution in [0.15, 0.2) is 12.1 Å². The molecule has 1 aliphatic rings. The lowest BCUT2D eigenvalue weighted by Gasteiger charge is -2.23. The van der Waals surface area contributed by atoms with Gasteiger partial charge in [0.2, 0.25) is 0 Å². The number of hydrogen-bond donors (Lipinski definition) is 0. The summed E-state index contributed by atoms with van der Waals surface area (Å²) in [6, 6.07) is 3.72. The molecule has 0 spiro atoms. The zero-order valence-electron chi connectivity index (χ0n) is 10.5. The van der Waals surface area contributed by atoms with Crippen molar-refractivity contribution in [1.29, 1.82) is 0 Å². The molecule has 1 aromatic heterocycles. The summed E-state index contributed by atoms with van der Waals surface area (Å²) in [6.45, 7) is 5.76. The molecule has 0 aliphatic carbocycles. The molecular weight excluding hydrogens is 271 g/mol. The van der Waals surface area contributed by atoms with E-state index in [1.807, 2.05) is 6.07 Å². The van der Waals surface area contributed by atoms with Gasteiger partial charge in [-0.3, -0.25) is 4.90 Å². The molecule has 0 bridgehead atoms. The van der Waals surface area contributed by atoms with Crippen molar-refractivity contribution in [3.05, 3.63) is 28.0 Å². The quantitative estimate of drug-likeness (QED) is 0.777. The number of rotatable bonds is 5. The van der Waals surface area contributed by atoms with Crippen LogP contribution < -0.4 is 0 Å². The van der Waals surface area contributed by atoms with Crippen molar-refractivity contribution >= 4 is 23.2 Å². The maximum atomic E-state index is 6.09. The lowest BCUT2D eigenvalue weighted by Crippen LogP contribution is -2.31. The van der Waals surface area contributed by atoms with Crippen LogP contribution in [-0.2, 0) is 11.3 Å². The molecule has 0 aromatic carbocycles. The van der Waals surface area contributed by atoms with Gasteiger partial charge in [0.25, 0.3) is 0 Å². The summed E-state index contributed by atoms with van der Waals surface area (Å²) in [5.41, 5.74) is 1.01. The van der Waals surface area contributed by atoms with Crippen LogP contribution in [0.5, 0.6) is 0 Å². The van der Waals surface area contributed by atoms with Gasteiger partial charge < -0.3 is 4.74 Å².